The van der Waals surface area contributed by atoms with E-state index in [0.717, 1.165) is 28.7 Å². The van der Waals surface area contributed by atoms with Gasteiger partial charge in [0.05, 0.1) is 11.0 Å². The van der Waals surface area contributed by atoms with Gasteiger partial charge >= 0.3 is 0 Å². The molecule has 2 nitrogen and oxygen atoms in total. The van der Waals surface area contributed by atoms with Crippen molar-refractivity contribution in [1.82, 2.24) is 9.55 Å². The van der Waals surface area contributed by atoms with Crippen LogP contribution < -0.4 is 0 Å². The van der Waals surface area contributed by atoms with Crippen LogP contribution in [0.15, 0.2) is 18.2 Å². The zero-order valence-corrected chi connectivity index (χ0v) is 14.0. The van der Waals surface area contributed by atoms with Crippen molar-refractivity contribution in [3.63, 3.8) is 0 Å². The molecule has 0 amide bonds. The Kier molecular flexibility index (Phi) is 4.75. The predicted octanol–water partition coefficient (Wildman–Crippen LogP) is 5.61. The highest BCUT2D eigenvalue weighted by Gasteiger charge is 2.22. The molecule has 21 heavy (non-hydrogen) atoms. The SMILES string of the molecule is CC1CCCC(n2c(CCCl)nc3cc(Cl)ccc32)CC1. The summed E-state index contributed by atoms with van der Waals surface area (Å²) in [5.74, 6) is 2.57. The average Bonchev–Trinajstić information content (AvgIpc) is 2.65. The van der Waals surface area contributed by atoms with Crippen LogP contribution in [-0.2, 0) is 6.42 Å². The number of fused-ring (bicyclic) bond motifs is 1. The van der Waals surface area contributed by atoms with E-state index in [0.29, 0.717) is 11.9 Å². The molecule has 0 aliphatic heterocycles. The second kappa shape index (κ2) is 6.58. The number of benzene rings is 1. The molecule has 1 aromatic carbocycles. The van der Waals surface area contributed by atoms with Crippen molar-refractivity contribution in [3.05, 3.63) is 29.0 Å². The fourth-order valence-corrected chi connectivity index (χ4v) is 3.85. The second-order valence-corrected chi connectivity index (χ2v) is 7.05. The van der Waals surface area contributed by atoms with E-state index < -0.39 is 0 Å². The summed E-state index contributed by atoms with van der Waals surface area (Å²) in [7, 11) is 0. The Labute approximate surface area is 136 Å². The van der Waals surface area contributed by atoms with Gasteiger partial charge in [-0.15, -0.1) is 11.6 Å². The standard InChI is InChI=1S/C17H22Cl2N2/c1-12-3-2-4-14(7-5-12)21-16-8-6-13(19)11-15(16)20-17(21)9-10-18/h6,8,11-12,14H,2-5,7,9-10H2,1H3. The van der Waals surface area contributed by atoms with Crippen molar-refractivity contribution in [3.8, 4) is 0 Å². The summed E-state index contributed by atoms with van der Waals surface area (Å²) < 4.78 is 2.44. The minimum atomic E-state index is 0.555. The number of halogens is 2. The third kappa shape index (κ3) is 3.22. The zero-order valence-electron chi connectivity index (χ0n) is 12.5. The molecular weight excluding hydrogens is 303 g/mol. The lowest BCUT2D eigenvalue weighted by molar-refractivity contribution is 0.431. The van der Waals surface area contributed by atoms with Crippen molar-refractivity contribution >= 4 is 34.2 Å². The monoisotopic (exact) mass is 324 g/mol. The van der Waals surface area contributed by atoms with Crippen molar-refractivity contribution in [2.45, 2.75) is 51.5 Å². The van der Waals surface area contributed by atoms with Gasteiger partial charge in [0.1, 0.15) is 5.82 Å². The number of nitrogens with zero attached hydrogens (tertiary/aromatic N) is 2. The van der Waals surface area contributed by atoms with Crippen LogP contribution in [0.25, 0.3) is 11.0 Å². The Balaban J connectivity index is 2.03. The smallest absolute Gasteiger partial charge is 0.111 e. The van der Waals surface area contributed by atoms with Gasteiger partial charge in [-0.3, -0.25) is 0 Å². The van der Waals surface area contributed by atoms with E-state index in [1.54, 1.807) is 0 Å². The van der Waals surface area contributed by atoms with Gasteiger partial charge in [0.2, 0.25) is 0 Å². The first-order valence-corrected chi connectivity index (χ1v) is 8.82. The maximum atomic E-state index is 6.11. The Morgan fingerprint density at radius 2 is 2.10 bits per heavy atom. The Morgan fingerprint density at radius 3 is 2.90 bits per heavy atom. The van der Waals surface area contributed by atoms with E-state index in [9.17, 15) is 0 Å². The first-order valence-electron chi connectivity index (χ1n) is 7.91. The molecule has 2 aromatic rings. The van der Waals surface area contributed by atoms with Gasteiger partial charge < -0.3 is 4.57 Å². The summed E-state index contributed by atoms with van der Waals surface area (Å²) in [6.45, 7) is 2.37. The van der Waals surface area contributed by atoms with Gasteiger partial charge in [-0.2, -0.15) is 0 Å². The summed E-state index contributed by atoms with van der Waals surface area (Å²) in [6.07, 6.45) is 7.26. The van der Waals surface area contributed by atoms with E-state index in [1.165, 1.54) is 37.6 Å². The zero-order chi connectivity index (χ0) is 14.8. The number of imidazole rings is 1. The third-order valence-electron chi connectivity index (χ3n) is 4.63. The van der Waals surface area contributed by atoms with Crippen LogP contribution >= 0.6 is 23.2 Å². The molecule has 2 atom stereocenters. The number of hydrogen-bond acceptors (Lipinski definition) is 1. The van der Waals surface area contributed by atoms with Crippen LogP contribution in [0.3, 0.4) is 0 Å². The highest BCUT2D eigenvalue weighted by Crippen LogP contribution is 2.34. The van der Waals surface area contributed by atoms with Crippen molar-refractivity contribution in [1.29, 1.82) is 0 Å². The molecule has 1 heterocycles. The number of aromatic nitrogens is 2. The van der Waals surface area contributed by atoms with Crippen molar-refractivity contribution in [2.75, 3.05) is 5.88 Å². The first-order chi connectivity index (χ1) is 10.2. The van der Waals surface area contributed by atoms with Gasteiger partial charge in [0.25, 0.3) is 0 Å². The van der Waals surface area contributed by atoms with Crippen LogP contribution in [0.5, 0.6) is 0 Å². The van der Waals surface area contributed by atoms with Crippen LogP contribution in [0.4, 0.5) is 0 Å². The molecule has 4 heteroatoms. The molecule has 0 bridgehead atoms. The Morgan fingerprint density at radius 1 is 1.24 bits per heavy atom. The summed E-state index contributed by atoms with van der Waals surface area (Å²) in [4.78, 5) is 4.78. The molecule has 1 aliphatic rings. The summed E-state index contributed by atoms with van der Waals surface area (Å²) in [5, 5.41) is 0.749. The lowest BCUT2D eigenvalue weighted by atomic mass is 10.0. The molecule has 1 aliphatic carbocycles. The molecule has 2 unspecified atom stereocenters. The van der Waals surface area contributed by atoms with Crippen molar-refractivity contribution in [2.24, 2.45) is 5.92 Å². The van der Waals surface area contributed by atoms with Gasteiger partial charge in [-0.1, -0.05) is 31.4 Å². The average molecular weight is 325 g/mol. The third-order valence-corrected chi connectivity index (χ3v) is 5.06. The molecule has 1 fully saturated rings. The van der Waals surface area contributed by atoms with E-state index >= 15 is 0 Å². The number of hydrogen-bond donors (Lipinski definition) is 0. The van der Waals surface area contributed by atoms with Crippen LogP contribution in [0.1, 0.15) is 50.9 Å². The predicted molar refractivity (Wildman–Crippen MR) is 90.5 cm³/mol. The largest absolute Gasteiger partial charge is 0.325 e. The molecule has 3 rings (SSSR count). The quantitative estimate of drug-likeness (QED) is 0.529. The number of aryl methyl sites for hydroxylation is 1. The summed E-state index contributed by atoms with van der Waals surface area (Å²) in [6, 6.07) is 6.59. The van der Waals surface area contributed by atoms with E-state index in [1.807, 2.05) is 12.1 Å². The molecule has 0 saturated heterocycles. The normalized spacial score (nSPS) is 23.4. The summed E-state index contributed by atoms with van der Waals surface area (Å²) in [5.41, 5.74) is 2.21. The van der Waals surface area contributed by atoms with Crippen LogP contribution in [-0.4, -0.2) is 15.4 Å². The highest BCUT2D eigenvalue weighted by molar-refractivity contribution is 6.31. The number of alkyl halides is 1. The maximum absolute atomic E-state index is 6.11. The van der Waals surface area contributed by atoms with E-state index in [4.69, 9.17) is 28.2 Å². The van der Waals surface area contributed by atoms with Gasteiger partial charge in [0, 0.05) is 23.4 Å². The molecule has 0 spiro atoms. The van der Waals surface area contributed by atoms with Crippen LogP contribution in [0.2, 0.25) is 5.02 Å². The number of rotatable bonds is 3. The molecule has 1 aromatic heterocycles. The van der Waals surface area contributed by atoms with Gasteiger partial charge in [0.15, 0.2) is 0 Å². The van der Waals surface area contributed by atoms with Gasteiger partial charge in [-0.25, -0.2) is 4.98 Å². The Hall–Kier alpha value is -0.730. The fraction of sp³-hybridized carbons (Fsp3) is 0.588. The summed E-state index contributed by atoms with van der Waals surface area (Å²) >= 11 is 12.1. The molecule has 114 valence electrons. The molecule has 0 N–H and O–H groups in total. The highest BCUT2D eigenvalue weighted by atomic mass is 35.5. The Bertz CT molecular complexity index is 621. The van der Waals surface area contributed by atoms with Gasteiger partial charge in [-0.05, 0) is 43.4 Å². The van der Waals surface area contributed by atoms with E-state index in [-0.39, 0.29) is 0 Å². The fourth-order valence-electron chi connectivity index (χ4n) is 3.52. The minimum absolute atomic E-state index is 0.555. The van der Waals surface area contributed by atoms with E-state index in [2.05, 4.69) is 17.6 Å². The second-order valence-electron chi connectivity index (χ2n) is 6.24. The lowest BCUT2D eigenvalue weighted by Crippen LogP contribution is -2.12. The molecule has 1 saturated carbocycles. The minimum Gasteiger partial charge on any atom is -0.325 e. The first kappa shape index (κ1) is 15.2. The molecule has 0 radical (unpaired) electrons. The lowest BCUT2D eigenvalue weighted by Gasteiger charge is -2.20. The topological polar surface area (TPSA) is 17.8 Å². The van der Waals surface area contributed by atoms with Crippen LogP contribution in [0, 0.1) is 5.92 Å². The maximum Gasteiger partial charge on any atom is 0.111 e. The van der Waals surface area contributed by atoms with Crippen molar-refractivity contribution < 1.29 is 0 Å². The molecular formula is C17H22Cl2N2.